The molecule has 0 atom stereocenters. The zero-order chi connectivity index (χ0) is 103. The maximum Gasteiger partial charge on any atom is 1.00 e. The van der Waals surface area contributed by atoms with Gasteiger partial charge in [-0.15, -0.1) is 0 Å². The van der Waals surface area contributed by atoms with Gasteiger partial charge in [0.1, 0.15) is 69.0 Å². The van der Waals surface area contributed by atoms with E-state index in [9.17, 15) is 53.0 Å². The summed E-state index contributed by atoms with van der Waals surface area (Å²) in [7, 11) is -1.00. The number of ether oxygens (including phenoxy) is 13. The summed E-state index contributed by atoms with van der Waals surface area (Å²) in [4.78, 5) is 108. The van der Waals surface area contributed by atoms with Gasteiger partial charge < -0.3 is 114 Å². The Morgan fingerprint density at radius 3 is 0.736 bits per heavy atom. The van der Waals surface area contributed by atoms with E-state index in [-0.39, 0.29) is 202 Å². The predicted molar refractivity (Wildman–Crippen MR) is 521 cm³/mol. The standard InChI is InChI=1S/C49H66O13.C33H50O9.C13H10O5.C7H13BrO2.CH3F.CH2O3.2K.H/c1-35(2)46(51)59-29-17-9-13-25-55-39-21-23-41(43(33-39)57-27-15-11-19-31-61-48(53)37(5)6)45(50)42-24-22-40(56-26-14-10-18-30-60-47(52)36(3)4)34-44(42)58-28-16-12-20-32-62-49(54)38(7)8;34-17-5-1-9-21-39-27-13-15-29(31(25-27)41-23-11-3-7-19-36)33(38)30-16-14-28(40-22-10-2-6-18-35)26-32(30)42-24-12-4-8-20-37;14-7-1-3-9(11(16)5-7)13(18)10-4-2-8(15)6-12(10)17;1-7(9)10-6-4-2-3-5-8;1-2;2-1-4-3;;;/h21-24,33-34H,1,3,5,7,9-20,25-32H2,2,4,6,8H3;13-16,25-26,34-37H,1-12,17-24H2;1-6,14-17H;2-6H2,1H3;1H3;1,3H;;;/q;;;;;;2*+1;-1/p-1/i;;;;1D;;;;. The van der Waals surface area contributed by atoms with Crippen molar-refractivity contribution in [3.8, 4) is 69.0 Å². The fourth-order valence-corrected chi connectivity index (χ4v) is 12.2. The summed E-state index contributed by atoms with van der Waals surface area (Å²) in [6.07, 6.45) is 21.0. The Bertz CT molecular complexity index is 4360. The number of ketones is 3. The molecule has 0 bridgehead atoms. The van der Waals surface area contributed by atoms with Crippen molar-refractivity contribution in [3.05, 3.63) is 191 Å². The quantitative estimate of drug-likeness (QED) is 0.00168. The summed E-state index contributed by atoms with van der Waals surface area (Å²) < 4.78 is 89.3. The van der Waals surface area contributed by atoms with Gasteiger partial charge in [-0.3, -0.25) is 28.4 Å². The molecule has 0 aliphatic rings. The van der Waals surface area contributed by atoms with Crippen LogP contribution in [0.25, 0.3) is 0 Å². The van der Waals surface area contributed by atoms with Gasteiger partial charge in [0, 0.05) is 97.4 Å². The number of phenolic OH excluding ortho intramolecular Hbond substituents is 4. The third-order valence-corrected chi connectivity index (χ3v) is 19.7. The molecule has 32 nitrogen and oxygen atoms in total. The van der Waals surface area contributed by atoms with E-state index in [1.165, 1.54) is 31.2 Å². The van der Waals surface area contributed by atoms with Gasteiger partial charge in [-0.05, 0) is 274 Å². The number of aliphatic hydroxyl groups is 4. The Morgan fingerprint density at radius 1 is 0.329 bits per heavy atom. The molecule has 0 saturated heterocycles. The van der Waals surface area contributed by atoms with Crippen LogP contribution in [0.15, 0.2) is 158 Å². The maximum absolute atomic E-state index is 14.4. The number of esters is 5. The Hall–Kier alpha value is -8.81. The van der Waals surface area contributed by atoms with Crippen LogP contribution < -0.4 is 146 Å². The topological polar surface area (TPSA) is 468 Å². The van der Waals surface area contributed by atoms with Crippen LogP contribution >= 0.6 is 15.9 Å². The molecule has 36 heteroatoms. The largest absolute Gasteiger partial charge is 1.00 e. The molecule has 6 rings (SSSR count). The third-order valence-electron chi connectivity index (χ3n) is 19.2. The number of alkyl halides is 2. The van der Waals surface area contributed by atoms with Gasteiger partial charge >= 0.3 is 133 Å². The number of unbranched alkanes of at least 4 members (excludes halogenated alkanes) is 18. The van der Waals surface area contributed by atoms with E-state index in [1.54, 1.807) is 100 Å². The molecular formula is C104H144BrFK2O32. The zero-order valence-electron chi connectivity index (χ0n) is 84.5. The monoisotopic (exact) mass is 2080 g/mol. The molecule has 6 aromatic carbocycles. The normalized spacial score (nSPS) is 10.2. The number of aliphatic hydroxyl groups excluding tert-OH is 4. The van der Waals surface area contributed by atoms with Crippen LogP contribution in [-0.4, -0.2) is 219 Å². The van der Waals surface area contributed by atoms with E-state index >= 15 is 0 Å². The number of carbonyl (C=O) groups excluding carboxylic acids is 9. The van der Waals surface area contributed by atoms with Crippen LogP contribution in [0.1, 0.15) is 259 Å². The number of rotatable bonds is 68. The van der Waals surface area contributed by atoms with E-state index in [4.69, 9.17) is 104 Å². The summed E-state index contributed by atoms with van der Waals surface area (Å²) >= 11 is 3.32. The van der Waals surface area contributed by atoms with Gasteiger partial charge in [0.15, 0.2) is 17.3 Å². The van der Waals surface area contributed by atoms with Crippen molar-refractivity contribution in [1.82, 2.24) is 0 Å². The SMILES string of the molecule is C=C(C)C(=O)OCCCCCOc1ccc(C(=O)c2ccc(OCCCCCOC(=O)C(=C)C)cc2OCCCCCOC(=O)C(=C)C)c(OCCCCCOC(=O)C(=C)C)c1.CC(=O)OCCCCCBr.O=C(c1ccc(O)cc1O)c1ccc(O)cc1O.O=C(c1ccc(OCCCCCO)cc1OCCCCCO)c1ccc(OCCCCCO)cc1OCCCCCO.O=CO[O-].[2H]CF.[H-].[K+].[K+]. The first-order chi connectivity index (χ1) is 66.9. The molecule has 8 N–H and O–H groups in total. The van der Waals surface area contributed by atoms with Crippen molar-refractivity contribution in [2.45, 2.75) is 208 Å². The summed E-state index contributed by atoms with van der Waals surface area (Å²) in [5.41, 5.74) is 2.75. The van der Waals surface area contributed by atoms with Crippen molar-refractivity contribution < 1.29 is 266 Å². The first-order valence-corrected chi connectivity index (χ1v) is 47.3. The van der Waals surface area contributed by atoms with Crippen molar-refractivity contribution in [2.24, 2.45) is 0 Å². The molecule has 0 amide bonds. The smallest absolute Gasteiger partial charge is 1.00 e. The summed E-state index contributed by atoms with van der Waals surface area (Å²) in [5.74, 6) is -0.302. The number of phenols is 4. The van der Waals surface area contributed by atoms with E-state index in [0.717, 1.165) is 139 Å². The van der Waals surface area contributed by atoms with Gasteiger partial charge in [-0.2, -0.15) is 0 Å². The molecule has 140 heavy (non-hydrogen) atoms. The zero-order valence-corrected chi connectivity index (χ0v) is 90.3. The van der Waals surface area contributed by atoms with Crippen LogP contribution in [0, 0.1) is 0 Å². The second kappa shape index (κ2) is 85.7. The number of aromatic hydroxyl groups is 4. The van der Waals surface area contributed by atoms with Gasteiger partial charge in [-0.25, -0.2) is 19.2 Å². The molecule has 0 aromatic heterocycles. The molecule has 0 aliphatic heterocycles. The van der Waals surface area contributed by atoms with Crippen LogP contribution in [0.5, 0.6) is 69.0 Å². The second-order valence-electron chi connectivity index (χ2n) is 31.1. The molecule has 0 aliphatic carbocycles. The minimum atomic E-state index is -1.00. The van der Waals surface area contributed by atoms with Crippen LogP contribution in [-0.2, 0) is 57.3 Å². The predicted octanol–water partition coefficient (Wildman–Crippen LogP) is 11.7. The van der Waals surface area contributed by atoms with Gasteiger partial charge in [0.2, 0.25) is 0 Å². The fourth-order valence-electron chi connectivity index (χ4n) is 11.8. The molecule has 0 spiro atoms. The average Bonchev–Trinajstić information content (AvgIpc) is 0.826. The molecule has 0 saturated carbocycles. The minimum Gasteiger partial charge on any atom is -1.00 e. The molecule has 0 radical (unpaired) electrons. The van der Waals surface area contributed by atoms with E-state index < -0.39 is 36.8 Å². The molecule has 0 heterocycles. The Labute approximate surface area is 919 Å². The van der Waals surface area contributed by atoms with Crippen LogP contribution in [0.4, 0.5) is 4.39 Å². The van der Waals surface area contributed by atoms with E-state index in [2.05, 4.69) is 47.1 Å². The number of hydrogen-bond donors (Lipinski definition) is 8. The van der Waals surface area contributed by atoms with Gasteiger partial charge in [0.05, 0.1) is 128 Å². The second-order valence-corrected chi connectivity index (χ2v) is 31.9. The van der Waals surface area contributed by atoms with Crippen molar-refractivity contribution in [3.63, 3.8) is 0 Å². The molecule has 0 unspecified atom stereocenters. The van der Waals surface area contributed by atoms with Gasteiger partial charge in [-0.1, -0.05) is 42.2 Å². The first kappa shape index (κ1) is 131. The summed E-state index contributed by atoms with van der Waals surface area (Å²) in [5, 5.41) is 82.9. The van der Waals surface area contributed by atoms with E-state index in [0.29, 0.717) is 215 Å². The Kier molecular flexibility index (Phi) is 80.4. The number of benzene rings is 6. The van der Waals surface area contributed by atoms with Crippen molar-refractivity contribution in [1.29, 1.82) is 0 Å². The Balaban J connectivity index is -0.00000205. The van der Waals surface area contributed by atoms with Crippen molar-refractivity contribution in [2.75, 3.05) is 125 Å². The van der Waals surface area contributed by atoms with E-state index in [1.807, 2.05) is 0 Å². The number of hydrogen-bond acceptors (Lipinski definition) is 32. The van der Waals surface area contributed by atoms with Crippen molar-refractivity contribution >= 4 is 69.6 Å². The number of carbonyl (C=O) groups is 9. The fraction of sp³-hybridized carbons (Fsp3) is 0.490. The summed E-state index contributed by atoms with van der Waals surface area (Å²) in [6.45, 7) is 27.6. The molecule has 0 fully saturated rings. The van der Waals surface area contributed by atoms with Crippen LogP contribution in [0.2, 0.25) is 0 Å². The first-order valence-electron chi connectivity index (χ1n) is 46.9. The van der Waals surface area contributed by atoms with Gasteiger partial charge in [0.25, 0.3) is 6.47 Å². The molecule has 6 aromatic rings. The minimum absolute atomic E-state index is 0. The Morgan fingerprint density at radius 2 is 0.529 bits per heavy atom. The summed E-state index contributed by atoms with van der Waals surface area (Å²) in [6, 6.07) is 27.7. The number of halogens is 2. The molecule has 768 valence electrons. The average molecular weight is 2080 g/mol. The molecular weight excluding hydrogens is 1940 g/mol. The maximum atomic E-state index is 14.4. The van der Waals surface area contributed by atoms with Crippen LogP contribution in [0.3, 0.4) is 0 Å². The third kappa shape index (κ3) is 61.9.